The summed E-state index contributed by atoms with van der Waals surface area (Å²) in [7, 11) is 0. The molecule has 0 saturated heterocycles. The van der Waals surface area contributed by atoms with Gasteiger partial charge in [-0.25, -0.2) is 4.39 Å². The van der Waals surface area contributed by atoms with Gasteiger partial charge in [0.25, 0.3) is 0 Å². The quantitative estimate of drug-likeness (QED) is 0.867. The largest absolute Gasteiger partial charge is 0.487 e. The Morgan fingerprint density at radius 2 is 1.80 bits per heavy atom. The van der Waals surface area contributed by atoms with Gasteiger partial charge < -0.3 is 10.5 Å². The van der Waals surface area contributed by atoms with E-state index in [9.17, 15) is 4.39 Å². The first-order chi connectivity index (χ1) is 9.62. The molecule has 0 heterocycles. The number of nitrogen functional groups attached to an aromatic ring is 1. The average molecular weight is 267 g/mol. The Labute approximate surface area is 115 Å². The van der Waals surface area contributed by atoms with E-state index < -0.39 is 5.82 Å². The molecule has 0 atom stereocenters. The van der Waals surface area contributed by atoms with Gasteiger partial charge in [-0.3, -0.25) is 0 Å². The zero-order chi connectivity index (χ0) is 14.5. The number of hydrogen-bond donors (Lipinski definition) is 1. The van der Waals surface area contributed by atoms with E-state index in [2.05, 4.69) is 0 Å². The maximum absolute atomic E-state index is 13.3. The highest BCUT2D eigenvalue weighted by Crippen LogP contribution is 2.23. The van der Waals surface area contributed by atoms with Gasteiger partial charge in [0, 0.05) is 0 Å². The number of hydrogen-bond acceptors (Lipinski definition) is 4. The van der Waals surface area contributed by atoms with E-state index in [-0.39, 0.29) is 12.2 Å². The molecule has 20 heavy (non-hydrogen) atoms. The van der Waals surface area contributed by atoms with E-state index >= 15 is 0 Å². The second-order valence-electron chi connectivity index (χ2n) is 4.11. The van der Waals surface area contributed by atoms with Crippen LogP contribution in [0.5, 0.6) is 5.75 Å². The van der Waals surface area contributed by atoms with Crippen molar-refractivity contribution in [3.63, 3.8) is 0 Å². The number of benzene rings is 2. The molecular formula is C15H10FN3O. The standard InChI is InChI=1S/C15H10FN3O/c16-13-4-11(8-18)3-12(5-13)9-20-15-2-1-10(7-17)6-14(15)19/h1-6H,9,19H2. The highest BCUT2D eigenvalue weighted by molar-refractivity contribution is 5.56. The SMILES string of the molecule is N#Cc1cc(F)cc(COc2ccc(C#N)cc2N)c1. The van der Waals surface area contributed by atoms with Crippen LogP contribution in [-0.2, 0) is 6.61 Å². The van der Waals surface area contributed by atoms with Crippen molar-refractivity contribution in [2.45, 2.75) is 6.61 Å². The van der Waals surface area contributed by atoms with Crippen LogP contribution in [0.3, 0.4) is 0 Å². The van der Waals surface area contributed by atoms with Crippen molar-refractivity contribution in [1.82, 2.24) is 0 Å². The summed E-state index contributed by atoms with van der Waals surface area (Å²) in [6.45, 7) is 0.0859. The highest BCUT2D eigenvalue weighted by atomic mass is 19.1. The maximum Gasteiger partial charge on any atom is 0.142 e. The lowest BCUT2D eigenvalue weighted by molar-refractivity contribution is 0.307. The lowest BCUT2D eigenvalue weighted by atomic mass is 10.1. The van der Waals surface area contributed by atoms with Crippen molar-refractivity contribution < 1.29 is 9.13 Å². The first-order valence-corrected chi connectivity index (χ1v) is 5.74. The van der Waals surface area contributed by atoms with Crippen LogP contribution in [-0.4, -0.2) is 0 Å². The molecule has 0 unspecified atom stereocenters. The summed E-state index contributed by atoms with van der Waals surface area (Å²) < 4.78 is 18.7. The molecule has 0 aliphatic heterocycles. The molecule has 0 fully saturated rings. The van der Waals surface area contributed by atoms with E-state index in [4.69, 9.17) is 21.0 Å². The summed E-state index contributed by atoms with van der Waals surface area (Å²) in [4.78, 5) is 0. The van der Waals surface area contributed by atoms with Crippen molar-refractivity contribution in [3.8, 4) is 17.9 Å². The van der Waals surface area contributed by atoms with E-state index in [0.29, 0.717) is 22.6 Å². The Bertz CT molecular complexity index is 729. The fourth-order valence-electron chi connectivity index (χ4n) is 1.71. The number of nitrogens with zero attached hydrogens (tertiary/aromatic N) is 2. The molecule has 0 aliphatic rings. The summed E-state index contributed by atoms with van der Waals surface area (Å²) in [6.07, 6.45) is 0. The van der Waals surface area contributed by atoms with Gasteiger partial charge in [0.15, 0.2) is 0 Å². The molecule has 0 aliphatic carbocycles. The minimum atomic E-state index is -0.490. The third kappa shape index (κ3) is 3.04. The Morgan fingerprint density at radius 3 is 2.45 bits per heavy atom. The minimum Gasteiger partial charge on any atom is -0.487 e. The molecule has 0 amide bonds. The third-order valence-corrected chi connectivity index (χ3v) is 2.62. The second kappa shape index (κ2) is 5.73. The fourth-order valence-corrected chi connectivity index (χ4v) is 1.71. The van der Waals surface area contributed by atoms with Gasteiger partial charge in [0.1, 0.15) is 18.2 Å². The molecule has 98 valence electrons. The van der Waals surface area contributed by atoms with Gasteiger partial charge in [0.2, 0.25) is 0 Å². The lowest BCUT2D eigenvalue weighted by Gasteiger charge is -2.09. The number of halogens is 1. The monoisotopic (exact) mass is 267 g/mol. The van der Waals surface area contributed by atoms with Crippen LogP contribution in [0.25, 0.3) is 0 Å². The Kier molecular flexibility index (Phi) is 3.83. The summed E-state index contributed by atoms with van der Waals surface area (Å²) in [5.74, 6) is -0.0813. The van der Waals surface area contributed by atoms with Crippen molar-refractivity contribution >= 4 is 5.69 Å². The van der Waals surface area contributed by atoms with Crippen LogP contribution < -0.4 is 10.5 Å². The fraction of sp³-hybridized carbons (Fsp3) is 0.0667. The first-order valence-electron chi connectivity index (χ1n) is 5.74. The summed E-state index contributed by atoms with van der Waals surface area (Å²) >= 11 is 0. The summed E-state index contributed by atoms with van der Waals surface area (Å²) in [5, 5.41) is 17.5. The van der Waals surface area contributed by atoms with Gasteiger partial charge in [-0.1, -0.05) is 0 Å². The Hall–Kier alpha value is -3.05. The molecule has 0 spiro atoms. The molecule has 2 aromatic carbocycles. The maximum atomic E-state index is 13.3. The van der Waals surface area contributed by atoms with Crippen LogP contribution in [0.1, 0.15) is 16.7 Å². The smallest absolute Gasteiger partial charge is 0.142 e. The Balaban J connectivity index is 2.15. The van der Waals surface area contributed by atoms with Crippen molar-refractivity contribution in [2.24, 2.45) is 0 Å². The normalized spacial score (nSPS) is 9.55. The van der Waals surface area contributed by atoms with E-state index in [1.54, 1.807) is 18.2 Å². The molecule has 0 radical (unpaired) electrons. The molecular weight excluding hydrogens is 257 g/mol. The molecule has 0 saturated carbocycles. The number of nitriles is 2. The molecule has 0 aromatic heterocycles. The van der Waals surface area contributed by atoms with Crippen molar-refractivity contribution in [3.05, 3.63) is 58.9 Å². The van der Waals surface area contributed by atoms with Crippen LogP contribution in [0.4, 0.5) is 10.1 Å². The van der Waals surface area contributed by atoms with Gasteiger partial charge in [0.05, 0.1) is 29.0 Å². The highest BCUT2D eigenvalue weighted by Gasteiger charge is 2.05. The molecule has 4 nitrogen and oxygen atoms in total. The van der Waals surface area contributed by atoms with Gasteiger partial charge in [-0.05, 0) is 42.0 Å². The third-order valence-electron chi connectivity index (χ3n) is 2.62. The van der Waals surface area contributed by atoms with E-state index in [0.717, 1.165) is 6.07 Å². The van der Waals surface area contributed by atoms with Crippen LogP contribution in [0.15, 0.2) is 36.4 Å². The topological polar surface area (TPSA) is 82.8 Å². The number of ether oxygens (including phenoxy) is 1. The second-order valence-corrected chi connectivity index (χ2v) is 4.11. The molecule has 0 bridgehead atoms. The van der Waals surface area contributed by atoms with Crippen molar-refractivity contribution in [2.75, 3.05) is 5.73 Å². The minimum absolute atomic E-state index is 0.0859. The van der Waals surface area contributed by atoms with Crippen LogP contribution >= 0.6 is 0 Å². The van der Waals surface area contributed by atoms with Crippen LogP contribution in [0, 0.1) is 28.5 Å². The number of anilines is 1. The zero-order valence-electron chi connectivity index (χ0n) is 10.4. The predicted molar refractivity (Wildman–Crippen MR) is 71.0 cm³/mol. The summed E-state index contributed by atoms with van der Waals surface area (Å²) in [5.41, 5.74) is 7.28. The number of nitrogens with two attached hydrogens (primary N) is 1. The summed E-state index contributed by atoms with van der Waals surface area (Å²) in [6, 6.07) is 12.5. The number of rotatable bonds is 3. The van der Waals surface area contributed by atoms with Crippen LogP contribution in [0.2, 0.25) is 0 Å². The van der Waals surface area contributed by atoms with Gasteiger partial charge >= 0.3 is 0 Å². The average Bonchev–Trinajstić information content (AvgIpc) is 2.45. The molecule has 2 rings (SSSR count). The van der Waals surface area contributed by atoms with Gasteiger partial charge in [-0.2, -0.15) is 10.5 Å². The first kappa shape index (κ1) is 13.4. The zero-order valence-corrected chi connectivity index (χ0v) is 10.4. The van der Waals surface area contributed by atoms with E-state index in [1.165, 1.54) is 12.1 Å². The Morgan fingerprint density at radius 1 is 1.05 bits per heavy atom. The lowest BCUT2D eigenvalue weighted by Crippen LogP contribution is -2.00. The molecule has 2 N–H and O–H groups in total. The molecule has 5 heteroatoms. The van der Waals surface area contributed by atoms with E-state index in [1.807, 2.05) is 12.1 Å². The van der Waals surface area contributed by atoms with Gasteiger partial charge in [-0.15, -0.1) is 0 Å². The predicted octanol–water partition coefficient (Wildman–Crippen LogP) is 2.73. The van der Waals surface area contributed by atoms with Crippen molar-refractivity contribution in [1.29, 1.82) is 10.5 Å². The molecule has 2 aromatic rings.